The first-order valence-electron chi connectivity index (χ1n) is 5.91. The normalized spacial score (nSPS) is 13.9. The van der Waals surface area contributed by atoms with Crippen molar-refractivity contribution in [2.75, 3.05) is 6.61 Å². The van der Waals surface area contributed by atoms with Gasteiger partial charge in [0.15, 0.2) is 5.41 Å². The highest BCUT2D eigenvalue weighted by atomic mass is 35.5. The number of aliphatic carboxylic acids is 1. The summed E-state index contributed by atoms with van der Waals surface area (Å²) in [5.41, 5.74) is -0.431. The number of rotatable bonds is 6. The monoisotopic (exact) mass is 316 g/mol. The van der Waals surface area contributed by atoms with Crippen LogP contribution in [0.1, 0.15) is 18.9 Å². The number of allylic oxidation sites excluding steroid dienone is 1. The molecule has 0 saturated carbocycles. The van der Waals surface area contributed by atoms with Gasteiger partial charge in [-0.3, -0.25) is 9.59 Å². The van der Waals surface area contributed by atoms with Crippen LogP contribution in [0.4, 0.5) is 0 Å². The summed E-state index contributed by atoms with van der Waals surface area (Å²) in [4.78, 5) is 23.9. The van der Waals surface area contributed by atoms with Gasteiger partial charge in [0.2, 0.25) is 0 Å². The molecule has 20 heavy (non-hydrogen) atoms. The van der Waals surface area contributed by atoms with E-state index in [-0.39, 0.29) is 18.6 Å². The summed E-state index contributed by atoms with van der Waals surface area (Å²) in [6.07, 6.45) is 1.28. The third-order valence-corrected chi connectivity index (χ3v) is 3.23. The van der Waals surface area contributed by atoms with Crippen LogP contribution in [0.3, 0.4) is 0 Å². The fourth-order valence-electron chi connectivity index (χ4n) is 1.85. The van der Waals surface area contributed by atoms with Gasteiger partial charge in [-0.05, 0) is 31.0 Å². The van der Waals surface area contributed by atoms with E-state index in [1.54, 1.807) is 19.1 Å². The number of carboxylic acids is 1. The molecule has 1 unspecified atom stereocenters. The van der Waals surface area contributed by atoms with Crippen molar-refractivity contribution in [1.82, 2.24) is 0 Å². The zero-order valence-corrected chi connectivity index (χ0v) is 12.3. The second-order valence-electron chi connectivity index (χ2n) is 4.01. The van der Waals surface area contributed by atoms with Crippen molar-refractivity contribution >= 4 is 35.1 Å². The summed E-state index contributed by atoms with van der Waals surface area (Å²) >= 11 is 11.3. The Kier molecular flexibility index (Phi) is 6.05. The Hall–Kier alpha value is -1.52. The third kappa shape index (κ3) is 3.32. The average Bonchev–Trinajstić information content (AvgIpc) is 2.39. The van der Waals surface area contributed by atoms with Crippen LogP contribution in [0.2, 0.25) is 5.02 Å². The van der Waals surface area contributed by atoms with E-state index < -0.39 is 17.4 Å². The van der Waals surface area contributed by atoms with Crippen molar-refractivity contribution in [1.29, 1.82) is 0 Å². The first kappa shape index (κ1) is 16.5. The SMILES string of the molecule is CCOC(=O)C(C/C=C/Cl)(C(=O)O)c1cccc(Cl)c1. The van der Waals surface area contributed by atoms with Gasteiger partial charge in [0.1, 0.15) is 0 Å². The van der Waals surface area contributed by atoms with Gasteiger partial charge in [-0.1, -0.05) is 41.4 Å². The average molecular weight is 317 g/mol. The number of esters is 1. The Balaban J connectivity index is 3.43. The van der Waals surface area contributed by atoms with Crippen molar-refractivity contribution in [3.8, 4) is 0 Å². The smallest absolute Gasteiger partial charge is 0.328 e. The molecule has 0 aromatic heterocycles. The molecular formula is C14H14Cl2O4. The van der Waals surface area contributed by atoms with Gasteiger partial charge < -0.3 is 9.84 Å². The van der Waals surface area contributed by atoms with E-state index in [0.717, 1.165) is 0 Å². The molecule has 0 spiro atoms. The van der Waals surface area contributed by atoms with Crippen molar-refractivity contribution in [3.63, 3.8) is 0 Å². The van der Waals surface area contributed by atoms with Gasteiger partial charge in [-0.25, -0.2) is 0 Å². The molecule has 1 rings (SSSR count). The molecule has 0 fully saturated rings. The number of hydrogen-bond acceptors (Lipinski definition) is 3. The van der Waals surface area contributed by atoms with Crippen LogP contribution in [0.15, 0.2) is 35.9 Å². The van der Waals surface area contributed by atoms with Crippen molar-refractivity contribution < 1.29 is 19.4 Å². The Bertz CT molecular complexity index is 528. The summed E-state index contributed by atoms with van der Waals surface area (Å²) < 4.78 is 4.92. The third-order valence-electron chi connectivity index (χ3n) is 2.82. The van der Waals surface area contributed by atoms with Crippen LogP contribution in [0, 0.1) is 0 Å². The lowest BCUT2D eigenvalue weighted by Gasteiger charge is -2.26. The lowest BCUT2D eigenvalue weighted by molar-refractivity contribution is -0.161. The molecule has 0 bridgehead atoms. The van der Waals surface area contributed by atoms with Crippen LogP contribution in [0.25, 0.3) is 0 Å². The number of hydrogen-bond donors (Lipinski definition) is 1. The minimum Gasteiger partial charge on any atom is -0.480 e. The van der Waals surface area contributed by atoms with Crippen LogP contribution in [-0.2, 0) is 19.7 Å². The van der Waals surface area contributed by atoms with Gasteiger partial charge >= 0.3 is 11.9 Å². The molecular weight excluding hydrogens is 303 g/mol. The summed E-state index contributed by atoms with van der Waals surface area (Å²) in [7, 11) is 0. The second-order valence-corrected chi connectivity index (χ2v) is 4.70. The van der Waals surface area contributed by atoms with E-state index in [1.165, 1.54) is 23.7 Å². The molecule has 0 aliphatic carbocycles. The van der Waals surface area contributed by atoms with E-state index in [2.05, 4.69) is 0 Å². The van der Waals surface area contributed by atoms with E-state index in [0.29, 0.717) is 5.02 Å². The molecule has 1 aromatic carbocycles. The lowest BCUT2D eigenvalue weighted by atomic mass is 9.77. The van der Waals surface area contributed by atoms with Crippen LogP contribution >= 0.6 is 23.2 Å². The second kappa shape index (κ2) is 7.31. The highest BCUT2D eigenvalue weighted by molar-refractivity contribution is 6.30. The van der Waals surface area contributed by atoms with E-state index >= 15 is 0 Å². The number of carbonyl (C=O) groups excluding carboxylic acids is 1. The van der Waals surface area contributed by atoms with Crippen LogP contribution < -0.4 is 0 Å². The highest BCUT2D eigenvalue weighted by Gasteiger charge is 2.48. The molecule has 0 heterocycles. The van der Waals surface area contributed by atoms with Crippen molar-refractivity contribution in [2.45, 2.75) is 18.8 Å². The van der Waals surface area contributed by atoms with E-state index in [9.17, 15) is 14.7 Å². The molecule has 1 N–H and O–H groups in total. The Morgan fingerprint density at radius 1 is 1.45 bits per heavy atom. The van der Waals surface area contributed by atoms with Gasteiger partial charge in [-0.2, -0.15) is 0 Å². The molecule has 0 radical (unpaired) electrons. The zero-order valence-electron chi connectivity index (χ0n) is 10.8. The molecule has 6 heteroatoms. The number of carbonyl (C=O) groups is 2. The fraction of sp³-hybridized carbons (Fsp3) is 0.286. The molecule has 0 aliphatic heterocycles. The number of halogens is 2. The predicted octanol–water partition coefficient (Wildman–Crippen LogP) is 3.37. The number of carboxylic acid groups (broad SMARTS) is 1. The van der Waals surface area contributed by atoms with Crippen LogP contribution in [0.5, 0.6) is 0 Å². The van der Waals surface area contributed by atoms with Gasteiger partial charge in [0, 0.05) is 10.6 Å². The molecule has 0 amide bonds. The van der Waals surface area contributed by atoms with Gasteiger partial charge in [-0.15, -0.1) is 0 Å². The van der Waals surface area contributed by atoms with Crippen molar-refractivity contribution in [2.24, 2.45) is 0 Å². The Morgan fingerprint density at radius 3 is 2.65 bits per heavy atom. The van der Waals surface area contributed by atoms with Crippen molar-refractivity contribution in [3.05, 3.63) is 46.5 Å². The first-order chi connectivity index (χ1) is 9.48. The molecule has 0 saturated heterocycles. The molecule has 108 valence electrons. The molecule has 0 aliphatic rings. The summed E-state index contributed by atoms with van der Waals surface area (Å²) in [6.45, 7) is 1.69. The van der Waals surface area contributed by atoms with E-state index in [4.69, 9.17) is 27.9 Å². The summed E-state index contributed by atoms with van der Waals surface area (Å²) in [5, 5.41) is 9.91. The maximum atomic E-state index is 12.2. The highest BCUT2D eigenvalue weighted by Crippen LogP contribution is 2.32. The number of benzene rings is 1. The number of ether oxygens (including phenoxy) is 1. The van der Waals surface area contributed by atoms with Crippen LogP contribution in [-0.4, -0.2) is 23.7 Å². The first-order valence-corrected chi connectivity index (χ1v) is 6.72. The summed E-state index contributed by atoms with van der Waals surface area (Å²) in [5.74, 6) is -2.16. The maximum absolute atomic E-state index is 12.2. The molecule has 1 atom stereocenters. The van der Waals surface area contributed by atoms with Gasteiger partial charge in [0.25, 0.3) is 0 Å². The Morgan fingerprint density at radius 2 is 2.15 bits per heavy atom. The largest absolute Gasteiger partial charge is 0.480 e. The Labute approximate surface area is 126 Å². The molecule has 4 nitrogen and oxygen atoms in total. The topological polar surface area (TPSA) is 63.6 Å². The predicted molar refractivity (Wildman–Crippen MR) is 77.0 cm³/mol. The minimum absolute atomic E-state index is 0.0824. The molecule has 1 aromatic rings. The fourth-order valence-corrected chi connectivity index (χ4v) is 2.13. The van der Waals surface area contributed by atoms with Gasteiger partial charge in [0.05, 0.1) is 6.61 Å². The quantitative estimate of drug-likeness (QED) is 0.645. The maximum Gasteiger partial charge on any atom is 0.328 e. The minimum atomic E-state index is -1.85. The summed E-state index contributed by atoms with van der Waals surface area (Å²) in [6, 6.07) is 6.15. The lowest BCUT2D eigenvalue weighted by Crippen LogP contribution is -2.44. The van der Waals surface area contributed by atoms with E-state index in [1.807, 2.05) is 0 Å². The zero-order chi connectivity index (χ0) is 15.2. The standard InChI is InChI=1S/C14H14Cl2O4/c1-2-20-13(19)14(12(17)18,7-4-8-15)10-5-3-6-11(16)9-10/h3-6,8-9H,2,7H2,1H3,(H,17,18)/b8-4+.